The van der Waals surface area contributed by atoms with Gasteiger partial charge in [0.15, 0.2) is 6.61 Å². The molecule has 0 radical (unpaired) electrons. The van der Waals surface area contributed by atoms with Gasteiger partial charge in [-0.25, -0.2) is 0 Å². The Bertz CT molecular complexity index is 798. The second-order valence-corrected chi connectivity index (χ2v) is 7.65. The third-order valence-electron chi connectivity index (χ3n) is 4.19. The fourth-order valence-electron chi connectivity index (χ4n) is 2.55. The van der Waals surface area contributed by atoms with Gasteiger partial charge in [-0.15, -0.1) is 0 Å². The van der Waals surface area contributed by atoms with E-state index >= 15 is 0 Å². The molecule has 1 unspecified atom stereocenters. The average Bonchev–Trinajstić information content (AvgIpc) is 2.70. The number of carbonyl (C=O) groups excluding carboxylic acids is 2. The van der Waals surface area contributed by atoms with E-state index in [9.17, 15) is 9.59 Å². The van der Waals surface area contributed by atoms with E-state index in [4.69, 9.17) is 16.3 Å². The van der Waals surface area contributed by atoms with Gasteiger partial charge in [-0.2, -0.15) is 0 Å². The lowest BCUT2D eigenvalue weighted by atomic mass is 10.1. The summed E-state index contributed by atoms with van der Waals surface area (Å²) in [7, 11) is 0. The lowest BCUT2D eigenvalue weighted by Gasteiger charge is -2.29. The van der Waals surface area contributed by atoms with Crippen LogP contribution in [0.3, 0.4) is 0 Å². The Kier molecular flexibility index (Phi) is 8.80. The van der Waals surface area contributed by atoms with Crippen molar-refractivity contribution in [2.75, 3.05) is 13.2 Å². The molecule has 150 valence electrons. The number of halogens is 2. The fourth-order valence-corrected chi connectivity index (χ4v) is 3.01. The molecule has 2 rings (SSSR count). The van der Waals surface area contributed by atoms with Crippen LogP contribution in [0.25, 0.3) is 0 Å². The van der Waals surface area contributed by atoms with Crippen LogP contribution in [-0.2, 0) is 16.1 Å². The Hall–Kier alpha value is -2.05. The largest absolute Gasteiger partial charge is 0.484 e. The van der Waals surface area contributed by atoms with Crippen LogP contribution in [0, 0.1) is 0 Å². The molecule has 0 bridgehead atoms. The number of benzene rings is 2. The minimum atomic E-state index is -0.649. The van der Waals surface area contributed by atoms with Crippen LogP contribution in [-0.4, -0.2) is 35.9 Å². The van der Waals surface area contributed by atoms with Crippen molar-refractivity contribution in [2.45, 2.75) is 32.9 Å². The van der Waals surface area contributed by atoms with Crippen molar-refractivity contribution in [1.82, 2.24) is 10.2 Å². The molecule has 0 saturated heterocycles. The first kappa shape index (κ1) is 22.2. The molecular weight excluding hydrogens is 444 g/mol. The number of ether oxygens (including phenoxy) is 1. The SMILES string of the molecule is CCCNC(=O)C(C)N(Cc1ccccc1Cl)C(=O)COc1ccc(Br)cc1. The van der Waals surface area contributed by atoms with Crippen LogP contribution in [0.1, 0.15) is 25.8 Å². The first-order valence-electron chi connectivity index (χ1n) is 9.11. The summed E-state index contributed by atoms with van der Waals surface area (Å²) in [5, 5.41) is 3.39. The van der Waals surface area contributed by atoms with E-state index in [1.807, 2.05) is 37.3 Å². The molecule has 28 heavy (non-hydrogen) atoms. The topological polar surface area (TPSA) is 58.6 Å². The molecule has 0 saturated carbocycles. The third kappa shape index (κ3) is 6.53. The highest BCUT2D eigenvalue weighted by Gasteiger charge is 2.26. The highest BCUT2D eigenvalue weighted by Crippen LogP contribution is 2.20. The van der Waals surface area contributed by atoms with Crippen LogP contribution < -0.4 is 10.1 Å². The normalized spacial score (nSPS) is 11.6. The molecular formula is C21H24BrClN2O3. The van der Waals surface area contributed by atoms with E-state index < -0.39 is 6.04 Å². The molecule has 0 fully saturated rings. The van der Waals surface area contributed by atoms with Crippen molar-refractivity contribution < 1.29 is 14.3 Å². The molecule has 7 heteroatoms. The van der Waals surface area contributed by atoms with E-state index in [2.05, 4.69) is 21.2 Å². The van der Waals surface area contributed by atoms with Crippen LogP contribution in [0.5, 0.6) is 5.75 Å². The van der Waals surface area contributed by atoms with Crippen molar-refractivity contribution >= 4 is 39.3 Å². The standard InChI is InChI=1S/C21H24BrClN2O3/c1-3-12-24-21(27)15(2)25(13-16-6-4-5-7-19(16)23)20(26)14-28-18-10-8-17(22)9-11-18/h4-11,15H,3,12-14H2,1-2H3,(H,24,27). The summed E-state index contributed by atoms with van der Waals surface area (Å²) in [6, 6.07) is 13.8. The van der Waals surface area contributed by atoms with Gasteiger partial charge >= 0.3 is 0 Å². The summed E-state index contributed by atoms with van der Waals surface area (Å²) in [6.07, 6.45) is 0.823. The monoisotopic (exact) mass is 466 g/mol. The molecule has 2 aromatic carbocycles. The molecule has 0 heterocycles. The van der Waals surface area contributed by atoms with Gasteiger partial charge in [-0.1, -0.05) is 52.7 Å². The number of amides is 2. The number of carbonyl (C=O) groups is 2. The van der Waals surface area contributed by atoms with Gasteiger partial charge in [0.25, 0.3) is 5.91 Å². The zero-order valence-electron chi connectivity index (χ0n) is 16.0. The first-order chi connectivity index (χ1) is 13.4. The minimum absolute atomic E-state index is 0.169. The third-order valence-corrected chi connectivity index (χ3v) is 5.09. The zero-order chi connectivity index (χ0) is 20.5. The maximum absolute atomic E-state index is 12.9. The van der Waals surface area contributed by atoms with Crippen molar-refractivity contribution in [1.29, 1.82) is 0 Å². The number of hydrogen-bond acceptors (Lipinski definition) is 3. The van der Waals surface area contributed by atoms with E-state index in [0.717, 1.165) is 16.5 Å². The molecule has 0 aliphatic heterocycles. The average molecular weight is 468 g/mol. The summed E-state index contributed by atoms with van der Waals surface area (Å²) in [6.45, 7) is 4.30. The van der Waals surface area contributed by atoms with Gasteiger partial charge in [0.2, 0.25) is 5.91 Å². The lowest BCUT2D eigenvalue weighted by molar-refractivity contribution is -0.142. The van der Waals surface area contributed by atoms with Crippen LogP contribution in [0.4, 0.5) is 0 Å². The summed E-state index contributed by atoms with van der Waals surface area (Å²) in [5.41, 5.74) is 0.774. The second-order valence-electron chi connectivity index (χ2n) is 6.32. The molecule has 1 atom stereocenters. The molecule has 0 spiro atoms. The number of rotatable bonds is 9. The summed E-state index contributed by atoms with van der Waals surface area (Å²) in [5.74, 6) is 0.0882. The van der Waals surface area contributed by atoms with Gasteiger partial charge in [0, 0.05) is 22.6 Å². The summed E-state index contributed by atoms with van der Waals surface area (Å²) < 4.78 is 6.53. The summed E-state index contributed by atoms with van der Waals surface area (Å²) >= 11 is 9.61. The van der Waals surface area contributed by atoms with E-state index in [-0.39, 0.29) is 25.0 Å². The predicted molar refractivity (Wildman–Crippen MR) is 114 cm³/mol. The highest BCUT2D eigenvalue weighted by molar-refractivity contribution is 9.10. The smallest absolute Gasteiger partial charge is 0.261 e. The first-order valence-corrected chi connectivity index (χ1v) is 10.3. The molecule has 2 aromatic rings. The van der Waals surface area contributed by atoms with Gasteiger partial charge in [-0.3, -0.25) is 9.59 Å². The molecule has 0 aliphatic rings. The van der Waals surface area contributed by atoms with Crippen molar-refractivity contribution in [3.05, 3.63) is 63.6 Å². The predicted octanol–water partition coefficient (Wildman–Crippen LogP) is 4.42. The molecule has 2 amide bonds. The Morgan fingerprint density at radius 3 is 2.50 bits per heavy atom. The quantitative estimate of drug-likeness (QED) is 0.594. The van der Waals surface area contributed by atoms with Crippen LogP contribution in [0.2, 0.25) is 5.02 Å². The highest BCUT2D eigenvalue weighted by atomic mass is 79.9. The zero-order valence-corrected chi connectivity index (χ0v) is 18.3. The summed E-state index contributed by atoms with van der Waals surface area (Å²) in [4.78, 5) is 26.8. The molecule has 5 nitrogen and oxygen atoms in total. The van der Waals surface area contributed by atoms with Gasteiger partial charge in [-0.05, 0) is 49.2 Å². The molecule has 0 aromatic heterocycles. The van der Waals surface area contributed by atoms with Crippen molar-refractivity contribution in [3.8, 4) is 5.75 Å². The molecule has 1 N–H and O–H groups in total. The molecule has 0 aliphatic carbocycles. The fraction of sp³-hybridized carbons (Fsp3) is 0.333. The minimum Gasteiger partial charge on any atom is -0.484 e. The van der Waals surface area contributed by atoms with Gasteiger partial charge < -0.3 is 15.0 Å². The van der Waals surface area contributed by atoms with Crippen LogP contribution in [0.15, 0.2) is 53.0 Å². The van der Waals surface area contributed by atoms with Crippen LogP contribution >= 0.6 is 27.5 Å². The second kappa shape index (κ2) is 11.1. The Balaban J connectivity index is 2.13. The Morgan fingerprint density at radius 1 is 1.18 bits per heavy atom. The van der Waals surface area contributed by atoms with E-state index in [1.165, 1.54) is 4.90 Å². The lowest BCUT2D eigenvalue weighted by Crippen LogP contribution is -2.49. The number of nitrogens with zero attached hydrogens (tertiary/aromatic N) is 1. The Morgan fingerprint density at radius 2 is 1.86 bits per heavy atom. The maximum Gasteiger partial charge on any atom is 0.261 e. The van der Waals surface area contributed by atoms with Gasteiger partial charge in [0.05, 0.1) is 0 Å². The number of hydrogen-bond donors (Lipinski definition) is 1. The van der Waals surface area contributed by atoms with E-state index in [0.29, 0.717) is 17.3 Å². The number of nitrogens with one attached hydrogen (secondary N) is 1. The van der Waals surface area contributed by atoms with Gasteiger partial charge in [0.1, 0.15) is 11.8 Å². The maximum atomic E-state index is 12.9. The Labute approximate surface area is 179 Å². The van der Waals surface area contributed by atoms with E-state index in [1.54, 1.807) is 25.1 Å². The van der Waals surface area contributed by atoms with Crippen molar-refractivity contribution in [2.24, 2.45) is 0 Å². The van der Waals surface area contributed by atoms with Crippen molar-refractivity contribution in [3.63, 3.8) is 0 Å².